The lowest BCUT2D eigenvalue weighted by molar-refractivity contribution is 0.247. The van der Waals surface area contributed by atoms with Crippen LogP contribution in [0.15, 0.2) is 60.8 Å². The third-order valence-corrected chi connectivity index (χ3v) is 5.97. The number of likely N-dealkylation sites (N-methyl/N-ethyl adjacent to an activating group) is 1. The Balaban J connectivity index is 1.52. The van der Waals surface area contributed by atoms with Crippen LogP contribution in [-0.4, -0.2) is 41.4 Å². The Morgan fingerprint density at radius 1 is 1.03 bits per heavy atom. The van der Waals surface area contributed by atoms with Gasteiger partial charge in [0.1, 0.15) is 5.75 Å². The second-order valence-corrected chi connectivity index (χ2v) is 9.35. The molecular formula is C27H35N3O. The molecule has 4 nitrogen and oxygen atoms in total. The normalized spacial score (nSPS) is 17.2. The molecule has 4 heteroatoms. The molecule has 0 spiro atoms. The predicted octanol–water partition coefficient (Wildman–Crippen LogP) is 5.37. The van der Waals surface area contributed by atoms with Crippen LogP contribution < -0.4 is 4.74 Å². The summed E-state index contributed by atoms with van der Waals surface area (Å²) in [5.74, 6) is 1.99. The summed E-state index contributed by atoms with van der Waals surface area (Å²) in [5.41, 5.74) is 5.24. The summed E-state index contributed by atoms with van der Waals surface area (Å²) < 4.78 is 7.96. The zero-order chi connectivity index (χ0) is 21.6. The van der Waals surface area contributed by atoms with Gasteiger partial charge in [-0.3, -0.25) is 4.68 Å². The number of hydrogen-bond acceptors (Lipinski definition) is 3. The fourth-order valence-corrected chi connectivity index (χ4v) is 4.38. The number of likely N-dealkylation sites (tertiary alicyclic amines) is 1. The van der Waals surface area contributed by atoms with Crippen molar-refractivity contribution in [1.82, 2.24) is 14.7 Å². The molecule has 1 saturated heterocycles. The maximum Gasteiger partial charge on any atom is 0.119 e. The van der Waals surface area contributed by atoms with Gasteiger partial charge in [0.2, 0.25) is 0 Å². The van der Waals surface area contributed by atoms with Gasteiger partial charge in [0.05, 0.1) is 18.8 Å². The second-order valence-electron chi connectivity index (χ2n) is 9.35. The largest absolute Gasteiger partial charge is 0.493 e. The van der Waals surface area contributed by atoms with E-state index in [1.165, 1.54) is 41.8 Å². The van der Waals surface area contributed by atoms with Crippen LogP contribution in [0.5, 0.6) is 5.75 Å². The fraction of sp³-hybridized carbons (Fsp3) is 0.444. The lowest BCUT2D eigenvalue weighted by Crippen LogP contribution is -2.31. The van der Waals surface area contributed by atoms with E-state index in [1.807, 2.05) is 0 Å². The summed E-state index contributed by atoms with van der Waals surface area (Å²) >= 11 is 0. The quantitative estimate of drug-likeness (QED) is 0.494. The number of rotatable bonds is 8. The first-order chi connectivity index (χ1) is 15.1. The van der Waals surface area contributed by atoms with Crippen molar-refractivity contribution in [2.45, 2.75) is 45.6 Å². The SMILES string of the molecule is CC(C)COc1ccc(Cn2cc(Cc3ccccc3)c(C3CCCN(C)C3)n2)cc1. The lowest BCUT2D eigenvalue weighted by Gasteiger charge is -2.29. The van der Waals surface area contributed by atoms with Crippen LogP contribution in [0.25, 0.3) is 0 Å². The number of hydrogen-bond donors (Lipinski definition) is 0. The topological polar surface area (TPSA) is 30.3 Å². The molecule has 1 unspecified atom stereocenters. The van der Waals surface area contributed by atoms with E-state index < -0.39 is 0 Å². The van der Waals surface area contributed by atoms with Gasteiger partial charge in [-0.15, -0.1) is 0 Å². The second kappa shape index (κ2) is 10.1. The van der Waals surface area contributed by atoms with Gasteiger partial charge in [0.15, 0.2) is 0 Å². The standard InChI is InChI=1S/C27H35N3O/c1-21(2)20-31-26-13-11-23(12-14-26)17-30-19-25(16-22-8-5-4-6-9-22)27(28-30)24-10-7-15-29(3)18-24/h4-6,8-9,11-14,19,21,24H,7,10,15-18,20H2,1-3H3. The minimum Gasteiger partial charge on any atom is -0.493 e. The Morgan fingerprint density at radius 2 is 1.81 bits per heavy atom. The van der Waals surface area contributed by atoms with E-state index in [4.69, 9.17) is 9.84 Å². The molecule has 1 aromatic heterocycles. The molecule has 164 valence electrons. The summed E-state index contributed by atoms with van der Waals surface area (Å²) in [5, 5.41) is 5.10. The maximum atomic E-state index is 5.82. The monoisotopic (exact) mass is 417 g/mol. The summed E-state index contributed by atoms with van der Waals surface area (Å²) in [6.45, 7) is 8.16. The first-order valence-corrected chi connectivity index (χ1v) is 11.6. The van der Waals surface area contributed by atoms with Crippen LogP contribution in [0.2, 0.25) is 0 Å². The van der Waals surface area contributed by atoms with Crippen molar-refractivity contribution >= 4 is 0 Å². The summed E-state index contributed by atoms with van der Waals surface area (Å²) in [7, 11) is 2.23. The molecule has 2 heterocycles. The number of piperidine rings is 1. The van der Waals surface area contributed by atoms with E-state index >= 15 is 0 Å². The first-order valence-electron chi connectivity index (χ1n) is 11.6. The number of ether oxygens (including phenoxy) is 1. The van der Waals surface area contributed by atoms with Gasteiger partial charge in [-0.05, 0) is 61.2 Å². The Labute approximate surface area is 186 Å². The van der Waals surface area contributed by atoms with Crippen LogP contribution in [0.3, 0.4) is 0 Å². The molecule has 1 aliphatic heterocycles. The molecule has 1 atom stereocenters. The van der Waals surface area contributed by atoms with Crippen LogP contribution >= 0.6 is 0 Å². The highest BCUT2D eigenvalue weighted by Gasteiger charge is 2.24. The average Bonchev–Trinajstić information content (AvgIpc) is 3.16. The molecule has 1 aliphatic rings. The van der Waals surface area contributed by atoms with Crippen molar-refractivity contribution in [2.75, 3.05) is 26.7 Å². The minimum atomic E-state index is 0.519. The van der Waals surface area contributed by atoms with Gasteiger partial charge < -0.3 is 9.64 Å². The molecule has 0 aliphatic carbocycles. The van der Waals surface area contributed by atoms with Gasteiger partial charge in [0, 0.05) is 25.1 Å². The van der Waals surface area contributed by atoms with E-state index in [9.17, 15) is 0 Å². The molecule has 2 aromatic carbocycles. The highest BCUT2D eigenvalue weighted by atomic mass is 16.5. The summed E-state index contributed by atoms with van der Waals surface area (Å²) in [6.07, 6.45) is 5.68. The van der Waals surface area contributed by atoms with Crippen LogP contribution in [0.1, 0.15) is 55.0 Å². The molecule has 1 fully saturated rings. The van der Waals surface area contributed by atoms with E-state index in [1.54, 1.807) is 0 Å². The van der Waals surface area contributed by atoms with E-state index in [2.05, 4.69) is 91.3 Å². The molecule has 0 amide bonds. The molecule has 0 N–H and O–H groups in total. The van der Waals surface area contributed by atoms with E-state index in [0.717, 1.165) is 31.9 Å². The molecule has 0 radical (unpaired) electrons. The van der Waals surface area contributed by atoms with Crippen molar-refractivity contribution in [3.8, 4) is 5.75 Å². The van der Waals surface area contributed by atoms with Gasteiger partial charge in [-0.1, -0.05) is 56.3 Å². The fourth-order valence-electron chi connectivity index (χ4n) is 4.38. The van der Waals surface area contributed by atoms with Gasteiger partial charge in [-0.25, -0.2) is 0 Å². The highest BCUT2D eigenvalue weighted by Crippen LogP contribution is 2.29. The Morgan fingerprint density at radius 3 is 2.52 bits per heavy atom. The summed E-state index contributed by atoms with van der Waals surface area (Å²) in [6, 6.07) is 19.2. The van der Waals surface area contributed by atoms with Gasteiger partial charge >= 0.3 is 0 Å². The molecular weight excluding hydrogens is 382 g/mol. The zero-order valence-electron chi connectivity index (χ0n) is 19.1. The first kappa shape index (κ1) is 21.6. The Hall–Kier alpha value is -2.59. The Kier molecular flexibility index (Phi) is 7.08. The molecule has 4 rings (SSSR count). The predicted molar refractivity (Wildman–Crippen MR) is 127 cm³/mol. The summed E-state index contributed by atoms with van der Waals surface area (Å²) in [4.78, 5) is 2.44. The maximum absolute atomic E-state index is 5.82. The number of benzene rings is 2. The van der Waals surface area contributed by atoms with Crippen molar-refractivity contribution in [3.63, 3.8) is 0 Å². The van der Waals surface area contributed by atoms with E-state index in [-0.39, 0.29) is 0 Å². The molecule has 31 heavy (non-hydrogen) atoms. The number of nitrogens with zero attached hydrogens (tertiary/aromatic N) is 3. The zero-order valence-corrected chi connectivity index (χ0v) is 19.1. The number of aromatic nitrogens is 2. The molecule has 0 bridgehead atoms. The van der Waals surface area contributed by atoms with Crippen LogP contribution in [-0.2, 0) is 13.0 Å². The molecule has 0 saturated carbocycles. The van der Waals surface area contributed by atoms with Crippen molar-refractivity contribution in [2.24, 2.45) is 5.92 Å². The third-order valence-electron chi connectivity index (χ3n) is 5.97. The van der Waals surface area contributed by atoms with Gasteiger partial charge in [0.25, 0.3) is 0 Å². The van der Waals surface area contributed by atoms with E-state index in [0.29, 0.717) is 11.8 Å². The highest BCUT2D eigenvalue weighted by molar-refractivity contribution is 5.31. The molecule has 3 aromatic rings. The Bertz CT molecular complexity index is 946. The average molecular weight is 418 g/mol. The van der Waals surface area contributed by atoms with Gasteiger partial charge in [-0.2, -0.15) is 5.10 Å². The van der Waals surface area contributed by atoms with Crippen LogP contribution in [0.4, 0.5) is 0 Å². The third kappa shape index (κ3) is 5.98. The smallest absolute Gasteiger partial charge is 0.119 e. The van der Waals surface area contributed by atoms with Crippen molar-refractivity contribution in [3.05, 3.63) is 83.2 Å². The minimum absolute atomic E-state index is 0.519. The van der Waals surface area contributed by atoms with Crippen LogP contribution in [0, 0.1) is 5.92 Å². The van der Waals surface area contributed by atoms with Crippen molar-refractivity contribution in [1.29, 1.82) is 0 Å². The van der Waals surface area contributed by atoms with Crippen molar-refractivity contribution < 1.29 is 4.74 Å². The lowest BCUT2D eigenvalue weighted by atomic mass is 9.91.